The third-order valence-electron chi connectivity index (χ3n) is 5.23. The molecule has 1 unspecified atom stereocenters. The molecule has 0 aliphatic carbocycles. The molecule has 2 atom stereocenters. The van der Waals surface area contributed by atoms with Gasteiger partial charge in [-0.15, -0.1) is 0 Å². The quantitative estimate of drug-likeness (QED) is 0.944. The van der Waals surface area contributed by atoms with Crippen LogP contribution in [0.4, 0.5) is 0 Å². The number of carbonyl (C=O) groups excluding carboxylic acids is 1. The highest BCUT2D eigenvalue weighted by Gasteiger charge is 2.37. The predicted octanol–water partition coefficient (Wildman–Crippen LogP) is 2.65. The number of para-hydroxylation sites is 1. The second-order valence-corrected chi connectivity index (χ2v) is 6.67. The van der Waals surface area contributed by atoms with E-state index in [4.69, 9.17) is 4.74 Å². The molecule has 2 heterocycles. The van der Waals surface area contributed by atoms with Gasteiger partial charge in [0.05, 0.1) is 7.11 Å². The van der Waals surface area contributed by atoms with E-state index in [2.05, 4.69) is 28.4 Å². The Morgan fingerprint density at radius 2 is 1.92 bits per heavy atom. The Morgan fingerprint density at radius 1 is 1.12 bits per heavy atom. The van der Waals surface area contributed by atoms with Crippen LogP contribution in [0.5, 0.6) is 5.75 Å². The van der Waals surface area contributed by atoms with Crippen LogP contribution in [-0.2, 0) is 6.54 Å². The van der Waals surface area contributed by atoms with Crippen molar-refractivity contribution in [3.8, 4) is 5.75 Å². The molecule has 2 aliphatic rings. The van der Waals surface area contributed by atoms with Gasteiger partial charge in [-0.1, -0.05) is 36.4 Å². The normalized spacial score (nSPS) is 23.1. The van der Waals surface area contributed by atoms with Crippen molar-refractivity contribution in [1.82, 2.24) is 10.2 Å². The average Bonchev–Trinajstić information content (AvgIpc) is 2.97. The van der Waals surface area contributed by atoms with Crippen molar-refractivity contribution in [2.24, 2.45) is 5.92 Å². The predicted molar refractivity (Wildman–Crippen MR) is 93.3 cm³/mol. The van der Waals surface area contributed by atoms with E-state index in [0.717, 1.165) is 37.5 Å². The molecular weight excluding hydrogens is 300 g/mol. The number of ether oxygens (including phenoxy) is 1. The maximum absolute atomic E-state index is 12.3. The molecule has 4 nitrogen and oxygen atoms in total. The minimum absolute atomic E-state index is 0.0660. The topological polar surface area (TPSA) is 41.6 Å². The lowest BCUT2D eigenvalue weighted by molar-refractivity contribution is 0.0951. The molecule has 0 spiro atoms. The zero-order valence-electron chi connectivity index (χ0n) is 13.9. The molecular formula is C20H22N2O2. The standard InChI is InChI=1S/C20H22N2O2/c1-24-19-9-5-2-6-14(19)11-22-12-15-10-21-20(23)17-8-4-3-7-16(17)18(15)13-22/h2-9,15,18H,10-13H2,1H3,(H,21,23)/t15-,18?/m0/s1. The number of methoxy groups -OCH3 is 1. The van der Waals surface area contributed by atoms with Crippen molar-refractivity contribution in [2.45, 2.75) is 12.5 Å². The number of fused-ring (bicyclic) bond motifs is 3. The van der Waals surface area contributed by atoms with Gasteiger partial charge in [-0.25, -0.2) is 0 Å². The van der Waals surface area contributed by atoms with Gasteiger partial charge in [0.2, 0.25) is 0 Å². The molecule has 2 aromatic rings. The molecule has 2 aliphatic heterocycles. The van der Waals surface area contributed by atoms with Gasteiger partial charge in [0.15, 0.2) is 0 Å². The molecule has 1 amide bonds. The number of rotatable bonds is 3. The zero-order valence-corrected chi connectivity index (χ0v) is 13.9. The summed E-state index contributed by atoms with van der Waals surface area (Å²) in [5, 5.41) is 3.09. The number of nitrogens with zero attached hydrogens (tertiary/aromatic N) is 1. The van der Waals surface area contributed by atoms with E-state index in [0.29, 0.717) is 11.8 Å². The van der Waals surface area contributed by atoms with Gasteiger partial charge in [-0.2, -0.15) is 0 Å². The van der Waals surface area contributed by atoms with Crippen LogP contribution >= 0.6 is 0 Å². The largest absolute Gasteiger partial charge is 0.496 e. The van der Waals surface area contributed by atoms with Gasteiger partial charge in [-0.05, 0) is 23.6 Å². The smallest absolute Gasteiger partial charge is 0.251 e. The Hall–Kier alpha value is -2.33. The van der Waals surface area contributed by atoms with E-state index in [1.165, 1.54) is 11.1 Å². The molecule has 4 heteroatoms. The summed E-state index contributed by atoms with van der Waals surface area (Å²) in [6, 6.07) is 16.2. The minimum atomic E-state index is 0.0660. The van der Waals surface area contributed by atoms with E-state index in [1.54, 1.807) is 7.11 Å². The molecule has 124 valence electrons. The Kier molecular flexibility index (Phi) is 3.98. The first-order chi connectivity index (χ1) is 11.8. The fourth-order valence-corrected chi connectivity index (χ4v) is 4.07. The van der Waals surface area contributed by atoms with Gasteiger partial charge in [0.1, 0.15) is 5.75 Å². The van der Waals surface area contributed by atoms with Crippen molar-refractivity contribution in [1.29, 1.82) is 0 Å². The Labute approximate surface area is 142 Å². The lowest BCUT2D eigenvalue weighted by Crippen LogP contribution is -2.29. The molecule has 0 bridgehead atoms. The molecule has 1 fully saturated rings. The first-order valence-corrected chi connectivity index (χ1v) is 8.47. The number of amides is 1. The third-order valence-corrected chi connectivity index (χ3v) is 5.23. The second-order valence-electron chi connectivity index (χ2n) is 6.67. The summed E-state index contributed by atoms with van der Waals surface area (Å²) in [6.07, 6.45) is 0. The molecule has 1 saturated heterocycles. The first-order valence-electron chi connectivity index (χ1n) is 8.47. The molecule has 24 heavy (non-hydrogen) atoms. The number of likely N-dealkylation sites (tertiary alicyclic amines) is 1. The summed E-state index contributed by atoms with van der Waals surface area (Å²) in [6.45, 7) is 3.61. The van der Waals surface area contributed by atoms with E-state index >= 15 is 0 Å². The van der Waals surface area contributed by atoms with Crippen molar-refractivity contribution >= 4 is 5.91 Å². The highest BCUT2D eigenvalue weighted by atomic mass is 16.5. The SMILES string of the molecule is COc1ccccc1CN1CC2c3ccccc3C(=O)NC[C@H]2C1. The van der Waals surface area contributed by atoms with Gasteiger partial charge in [0.25, 0.3) is 5.91 Å². The highest BCUT2D eigenvalue weighted by molar-refractivity contribution is 5.96. The molecule has 4 rings (SSSR count). The lowest BCUT2D eigenvalue weighted by Gasteiger charge is -2.18. The average molecular weight is 322 g/mol. The summed E-state index contributed by atoms with van der Waals surface area (Å²) in [4.78, 5) is 14.7. The van der Waals surface area contributed by atoms with E-state index < -0.39 is 0 Å². The van der Waals surface area contributed by atoms with E-state index in [1.807, 2.05) is 30.3 Å². The zero-order chi connectivity index (χ0) is 16.5. The number of hydrogen-bond donors (Lipinski definition) is 1. The van der Waals surface area contributed by atoms with Gasteiger partial charge < -0.3 is 10.1 Å². The fraction of sp³-hybridized carbons (Fsp3) is 0.350. The first kappa shape index (κ1) is 15.2. The molecule has 0 radical (unpaired) electrons. The third kappa shape index (κ3) is 2.67. The van der Waals surface area contributed by atoms with Crippen LogP contribution in [0, 0.1) is 5.92 Å². The summed E-state index contributed by atoms with van der Waals surface area (Å²) in [5.74, 6) is 1.89. The summed E-state index contributed by atoms with van der Waals surface area (Å²) in [7, 11) is 1.72. The Bertz CT molecular complexity index is 759. The fourth-order valence-electron chi connectivity index (χ4n) is 4.07. The van der Waals surface area contributed by atoms with Gasteiger partial charge >= 0.3 is 0 Å². The number of nitrogens with one attached hydrogen (secondary N) is 1. The Balaban J connectivity index is 1.58. The van der Waals surface area contributed by atoms with Gasteiger partial charge in [-0.3, -0.25) is 9.69 Å². The lowest BCUT2D eigenvalue weighted by atomic mass is 9.87. The van der Waals surface area contributed by atoms with Crippen molar-refractivity contribution in [3.05, 3.63) is 65.2 Å². The molecule has 1 N–H and O–H groups in total. The second kappa shape index (κ2) is 6.29. The molecule has 0 saturated carbocycles. The molecule has 0 aromatic heterocycles. The number of hydrogen-bond acceptors (Lipinski definition) is 3. The van der Waals surface area contributed by atoms with E-state index in [9.17, 15) is 4.79 Å². The van der Waals surface area contributed by atoms with Crippen LogP contribution in [0.25, 0.3) is 0 Å². The number of benzene rings is 2. The van der Waals surface area contributed by atoms with Crippen LogP contribution in [-0.4, -0.2) is 37.6 Å². The maximum atomic E-state index is 12.3. The van der Waals surface area contributed by atoms with Crippen molar-refractivity contribution in [3.63, 3.8) is 0 Å². The van der Waals surface area contributed by atoms with Gasteiger partial charge in [0, 0.05) is 43.2 Å². The maximum Gasteiger partial charge on any atom is 0.251 e. The Morgan fingerprint density at radius 3 is 2.79 bits per heavy atom. The summed E-state index contributed by atoms with van der Waals surface area (Å²) >= 11 is 0. The van der Waals surface area contributed by atoms with E-state index in [-0.39, 0.29) is 5.91 Å². The van der Waals surface area contributed by atoms with Crippen LogP contribution in [0.2, 0.25) is 0 Å². The van der Waals surface area contributed by atoms with Crippen LogP contribution in [0.1, 0.15) is 27.4 Å². The van der Waals surface area contributed by atoms with Crippen LogP contribution in [0.3, 0.4) is 0 Å². The van der Waals surface area contributed by atoms with Crippen molar-refractivity contribution < 1.29 is 9.53 Å². The monoisotopic (exact) mass is 322 g/mol. The van der Waals surface area contributed by atoms with Crippen molar-refractivity contribution in [2.75, 3.05) is 26.7 Å². The minimum Gasteiger partial charge on any atom is -0.496 e. The van der Waals surface area contributed by atoms with Crippen LogP contribution < -0.4 is 10.1 Å². The highest BCUT2D eigenvalue weighted by Crippen LogP contribution is 2.37. The molecule has 2 aromatic carbocycles. The summed E-state index contributed by atoms with van der Waals surface area (Å²) < 4.78 is 5.48. The number of carbonyl (C=O) groups is 1. The van der Waals surface area contributed by atoms with Crippen LogP contribution in [0.15, 0.2) is 48.5 Å². The summed E-state index contributed by atoms with van der Waals surface area (Å²) in [5.41, 5.74) is 3.25.